The number of rotatable bonds is 3. The SMILES string of the molecule is Cc1cc(Oc2c(F)c(F)c(C#N)c(F)c2F)n(-c2ccccc2Br)n1. The zero-order valence-corrected chi connectivity index (χ0v) is 14.6. The lowest BCUT2D eigenvalue weighted by atomic mass is 10.2. The van der Waals surface area contributed by atoms with Crippen LogP contribution in [0.2, 0.25) is 0 Å². The van der Waals surface area contributed by atoms with Crippen molar-refractivity contribution in [3.05, 3.63) is 69.3 Å². The number of hydrogen-bond donors (Lipinski definition) is 0. The highest BCUT2D eigenvalue weighted by atomic mass is 79.9. The molecule has 0 fully saturated rings. The lowest BCUT2D eigenvalue weighted by Gasteiger charge is -2.12. The van der Waals surface area contributed by atoms with E-state index in [1.54, 1.807) is 31.2 Å². The highest BCUT2D eigenvalue weighted by Gasteiger charge is 2.28. The minimum atomic E-state index is -1.83. The van der Waals surface area contributed by atoms with Crippen molar-refractivity contribution in [3.63, 3.8) is 0 Å². The second kappa shape index (κ2) is 6.80. The molecule has 0 radical (unpaired) electrons. The molecular formula is C17H8BrF4N3O. The van der Waals surface area contributed by atoms with E-state index < -0.39 is 34.6 Å². The third kappa shape index (κ3) is 2.93. The minimum absolute atomic E-state index is 0.171. The van der Waals surface area contributed by atoms with Gasteiger partial charge in [-0.05, 0) is 35.0 Å². The number of nitrogens with zero attached hydrogens (tertiary/aromatic N) is 3. The number of ether oxygens (including phenoxy) is 1. The van der Waals surface area contributed by atoms with Crippen molar-refractivity contribution in [1.82, 2.24) is 9.78 Å². The van der Waals surface area contributed by atoms with Crippen LogP contribution in [0.4, 0.5) is 17.6 Å². The molecule has 0 aliphatic carbocycles. The van der Waals surface area contributed by atoms with E-state index in [0.29, 0.717) is 15.9 Å². The average Bonchev–Trinajstić information content (AvgIpc) is 2.98. The van der Waals surface area contributed by atoms with Crippen LogP contribution < -0.4 is 4.74 Å². The quantitative estimate of drug-likeness (QED) is 0.429. The third-order valence-corrected chi connectivity index (χ3v) is 4.09. The molecule has 3 aromatic rings. The predicted molar refractivity (Wildman–Crippen MR) is 87.1 cm³/mol. The summed E-state index contributed by atoms with van der Waals surface area (Å²) in [5.74, 6) is -8.74. The fraction of sp³-hybridized carbons (Fsp3) is 0.0588. The Hall–Kier alpha value is -2.86. The number of halogens is 5. The van der Waals surface area contributed by atoms with Gasteiger partial charge in [-0.25, -0.2) is 8.78 Å². The summed E-state index contributed by atoms with van der Waals surface area (Å²) < 4.78 is 62.7. The van der Waals surface area contributed by atoms with E-state index in [4.69, 9.17) is 10.00 Å². The van der Waals surface area contributed by atoms with Crippen LogP contribution in [-0.4, -0.2) is 9.78 Å². The maximum Gasteiger partial charge on any atom is 0.223 e. The van der Waals surface area contributed by atoms with Gasteiger partial charge >= 0.3 is 0 Å². The lowest BCUT2D eigenvalue weighted by Crippen LogP contribution is -2.06. The summed E-state index contributed by atoms with van der Waals surface area (Å²) in [6, 6.07) is 9.21. The van der Waals surface area contributed by atoms with Crippen molar-refractivity contribution in [2.45, 2.75) is 6.92 Å². The summed E-state index contributed by atoms with van der Waals surface area (Å²) in [5.41, 5.74) is -0.444. The Bertz CT molecular complexity index is 1030. The summed E-state index contributed by atoms with van der Waals surface area (Å²) in [5, 5.41) is 12.8. The van der Waals surface area contributed by atoms with Crippen molar-refractivity contribution in [2.75, 3.05) is 0 Å². The van der Waals surface area contributed by atoms with Gasteiger partial charge in [0, 0.05) is 10.5 Å². The van der Waals surface area contributed by atoms with E-state index in [2.05, 4.69) is 21.0 Å². The van der Waals surface area contributed by atoms with E-state index in [9.17, 15) is 17.6 Å². The third-order valence-electron chi connectivity index (χ3n) is 3.42. The number of aromatic nitrogens is 2. The van der Waals surface area contributed by atoms with Gasteiger partial charge in [0.05, 0.1) is 11.4 Å². The molecule has 1 heterocycles. The van der Waals surface area contributed by atoms with Gasteiger partial charge in [-0.15, -0.1) is 0 Å². The summed E-state index contributed by atoms with van der Waals surface area (Å²) in [4.78, 5) is 0. The molecular weight excluding hydrogens is 418 g/mol. The molecule has 0 N–H and O–H groups in total. The number of para-hydroxylation sites is 1. The topological polar surface area (TPSA) is 50.8 Å². The summed E-state index contributed by atoms with van der Waals surface area (Å²) in [6.45, 7) is 1.60. The molecule has 4 nitrogen and oxygen atoms in total. The van der Waals surface area contributed by atoms with Crippen molar-refractivity contribution in [1.29, 1.82) is 5.26 Å². The van der Waals surface area contributed by atoms with Crippen molar-refractivity contribution in [3.8, 4) is 23.4 Å². The first kappa shape index (κ1) is 17.9. The first-order valence-electron chi connectivity index (χ1n) is 7.10. The second-order valence-electron chi connectivity index (χ2n) is 5.16. The van der Waals surface area contributed by atoms with Crippen LogP contribution >= 0.6 is 15.9 Å². The first-order valence-corrected chi connectivity index (χ1v) is 7.90. The molecule has 0 bridgehead atoms. The summed E-state index contributed by atoms with van der Waals surface area (Å²) >= 11 is 3.31. The molecule has 132 valence electrons. The highest BCUT2D eigenvalue weighted by Crippen LogP contribution is 2.35. The van der Waals surface area contributed by atoms with Crippen LogP contribution in [0.3, 0.4) is 0 Å². The van der Waals surface area contributed by atoms with Gasteiger partial charge in [0.25, 0.3) is 0 Å². The van der Waals surface area contributed by atoms with Gasteiger partial charge < -0.3 is 4.74 Å². The maximum atomic E-state index is 14.1. The van der Waals surface area contributed by atoms with E-state index in [1.165, 1.54) is 10.7 Å². The first-order chi connectivity index (χ1) is 12.3. The molecule has 0 unspecified atom stereocenters. The molecule has 26 heavy (non-hydrogen) atoms. The van der Waals surface area contributed by atoms with Crippen LogP contribution in [0.5, 0.6) is 11.6 Å². The van der Waals surface area contributed by atoms with Crippen LogP contribution in [0.15, 0.2) is 34.8 Å². The molecule has 0 saturated carbocycles. The van der Waals surface area contributed by atoms with E-state index in [1.807, 2.05) is 0 Å². The fourth-order valence-corrected chi connectivity index (χ4v) is 2.70. The van der Waals surface area contributed by atoms with E-state index >= 15 is 0 Å². The molecule has 2 aromatic carbocycles. The lowest BCUT2D eigenvalue weighted by molar-refractivity contribution is 0.351. The molecule has 0 aliphatic heterocycles. The maximum absolute atomic E-state index is 14.1. The Labute approximate surface area is 153 Å². The zero-order chi connectivity index (χ0) is 19.0. The van der Waals surface area contributed by atoms with E-state index in [-0.39, 0.29) is 5.88 Å². The normalized spacial score (nSPS) is 10.7. The smallest absolute Gasteiger partial charge is 0.223 e. The average molecular weight is 426 g/mol. The Kier molecular flexibility index (Phi) is 4.70. The van der Waals surface area contributed by atoms with Crippen molar-refractivity contribution >= 4 is 15.9 Å². The number of hydrogen-bond acceptors (Lipinski definition) is 3. The van der Waals surface area contributed by atoms with Crippen LogP contribution in [-0.2, 0) is 0 Å². The van der Waals surface area contributed by atoms with Gasteiger partial charge in [0.1, 0.15) is 11.6 Å². The monoisotopic (exact) mass is 425 g/mol. The van der Waals surface area contributed by atoms with Crippen LogP contribution in [0.25, 0.3) is 5.69 Å². The highest BCUT2D eigenvalue weighted by molar-refractivity contribution is 9.10. The summed E-state index contributed by atoms with van der Waals surface area (Å²) in [7, 11) is 0. The summed E-state index contributed by atoms with van der Waals surface area (Å²) in [6.07, 6.45) is 0. The Morgan fingerprint density at radius 1 is 1.08 bits per heavy atom. The number of aryl methyl sites for hydroxylation is 1. The van der Waals surface area contributed by atoms with Crippen molar-refractivity contribution in [2.24, 2.45) is 0 Å². The van der Waals surface area contributed by atoms with Crippen molar-refractivity contribution < 1.29 is 22.3 Å². The largest absolute Gasteiger partial charge is 0.432 e. The predicted octanol–water partition coefficient (Wildman–Crippen LogP) is 5.16. The van der Waals surface area contributed by atoms with Gasteiger partial charge in [-0.2, -0.15) is 23.8 Å². The zero-order valence-electron chi connectivity index (χ0n) is 13.0. The molecule has 0 amide bonds. The molecule has 9 heteroatoms. The van der Waals surface area contributed by atoms with Crippen LogP contribution in [0.1, 0.15) is 11.3 Å². The Morgan fingerprint density at radius 2 is 1.69 bits per heavy atom. The Balaban J connectivity index is 2.16. The number of nitriles is 1. The molecule has 0 saturated heterocycles. The second-order valence-corrected chi connectivity index (χ2v) is 6.02. The van der Waals surface area contributed by atoms with Gasteiger partial charge in [-0.3, -0.25) is 0 Å². The number of benzene rings is 2. The standard InChI is InChI=1S/C17H8BrF4N3O/c1-8-6-12(25(24-8)11-5-3-2-4-10(11)18)26-17-15(21)13(19)9(7-23)14(20)16(17)22/h2-6H,1H3. The molecule has 1 aromatic heterocycles. The minimum Gasteiger partial charge on any atom is -0.432 e. The molecule has 3 rings (SSSR count). The molecule has 0 aliphatic rings. The Morgan fingerprint density at radius 3 is 2.27 bits per heavy atom. The van der Waals surface area contributed by atoms with Gasteiger partial charge in [0.15, 0.2) is 11.6 Å². The van der Waals surface area contributed by atoms with Gasteiger partial charge in [0.2, 0.25) is 23.3 Å². The van der Waals surface area contributed by atoms with Crippen LogP contribution in [0, 0.1) is 41.5 Å². The molecule has 0 spiro atoms. The van der Waals surface area contributed by atoms with E-state index in [0.717, 1.165) is 6.07 Å². The fourth-order valence-electron chi connectivity index (χ4n) is 2.25. The van der Waals surface area contributed by atoms with Gasteiger partial charge in [-0.1, -0.05) is 12.1 Å². The molecule has 0 atom stereocenters.